The van der Waals surface area contributed by atoms with Gasteiger partial charge < -0.3 is 19.7 Å². The summed E-state index contributed by atoms with van der Waals surface area (Å²) in [6.07, 6.45) is 0.175. The van der Waals surface area contributed by atoms with Crippen molar-refractivity contribution in [2.45, 2.75) is 25.5 Å². The van der Waals surface area contributed by atoms with Gasteiger partial charge in [-0.3, -0.25) is 5.84 Å². The third kappa shape index (κ3) is 4.62. The number of methoxy groups -OCH3 is 1. The molecule has 0 radical (unpaired) electrons. The maximum absolute atomic E-state index is 12.5. The molecule has 0 fully saturated rings. The van der Waals surface area contributed by atoms with Crippen molar-refractivity contribution in [3.8, 4) is 17.2 Å². The largest absolute Gasteiger partial charge is 0.504 e. The van der Waals surface area contributed by atoms with Crippen molar-refractivity contribution in [1.82, 2.24) is 5.43 Å². The molecule has 7 heteroatoms. The minimum Gasteiger partial charge on any atom is -0.504 e. The highest BCUT2D eigenvalue weighted by Crippen LogP contribution is 2.27. The van der Waals surface area contributed by atoms with E-state index in [0.29, 0.717) is 11.3 Å². The van der Waals surface area contributed by atoms with Crippen molar-refractivity contribution < 1.29 is 24.5 Å². The third-order valence-corrected chi connectivity index (χ3v) is 3.87. The molecule has 0 aliphatic rings. The minimum absolute atomic E-state index is 0.0775. The average molecular weight is 346 g/mol. The molecule has 1 atom stereocenters. The molecule has 0 bridgehead atoms. The fourth-order valence-corrected chi connectivity index (χ4v) is 2.34. The summed E-state index contributed by atoms with van der Waals surface area (Å²) in [7, 11) is 1.56. The summed E-state index contributed by atoms with van der Waals surface area (Å²) in [6, 6.07) is 11.5. The predicted molar refractivity (Wildman–Crippen MR) is 92.0 cm³/mol. The molecule has 0 amide bonds. The van der Waals surface area contributed by atoms with E-state index in [2.05, 4.69) is 5.43 Å². The third-order valence-electron chi connectivity index (χ3n) is 3.87. The van der Waals surface area contributed by atoms with Gasteiger partial charge in [0.05, 0.1) is 7.11 Å². The van der Waals surface area contributed by atoms with Crippen molar-refractivity contribution in [1.29, 1.82) is 0 Å². The number of rotatable bonds is 7. The molecule has 2 aromatic carbocycles. The number of phenols is 2. The smallest absolute Gasteiger partial charge is 0.328 e. The number of ether oxygens (including phenoxy) is 2. The lowest BCUT2D eigenvalue weighted by molar-refractivity contribution is -0.152. The van der Waals surface area contributed by atoms with Crippen molar-refractivity contribution in [3.63, 3.8) is 0 Å². The van der Waals surface area contributed by atoms with E-state index in [-0.39, 0.29) is 24.5 Å². The number of carbonyl (C=O) groups excluding carboxylic acids is 1. The summed E-state index contributed by atoms with van der Waals surface area (Å²) >= 11 is 0. The van der Waals surface area contributed by atoms with Gasteiger partial charge >= 0.3 is 5.97 Å². The molecule has 0 heterocycles. The van der Waals surface area contributed by atoms with Gasteiger partial charge in [0, 0.05) is 6.42 Å². The van der Waals surface area contributed by atoms with Gasteiger partial charge in [0.15, 0.2) is 11.5 Å². The summed E-state index contributed by atoms with van der Waals surface area (Å²) in [6.45, 7) is 1.68. The van der Waals surface area contributed by atoms with E-state index in [0.717, 1.165) is 5.56 Å². The second-order valence-electron chi connectivity index (χ2n) is 5.90. The zero-order chi connectivity index (χ0) is 18.4. The number of phenolic OH excluding ortho intramolecular Hbond substituents is 2. The van der Waals surface area contributed by atoms with Crippen LogP contribution in [-0.2, 0) is 22.6 Å². The molecule has 0 aliphatic heterocycles. The van der Waals surface area contributed by atoms with Crippen molar-refractivity contribution in [2.24, 2.45) is 5.84 Å². The molecule has 2 rings (SSSR count). The molecule has 5 N–H and O–H groups in total. The first-order chi connectivity index (χ1) is 11.9. The van der Waals surface area contributed by atoms with Crippen LogP contribution >= 0.6 is 0 Å². The molecule has 1 unspecified atom stereocenters. The van der Waals surface area contributed by atoms with Crippen LogP contribution in [0.15, 0.2) is 42.5 Å². The number of benzene rings is 2. The average Bonchev–Trinajstić information content (AvgIpc) is 2.62. The summed E-state index contributed by atoms with van der Waals surface area (Å²) in [5.41, 5.74) is 2.69. The first-order valence-electron chi connectivity index (χ1n) is 7.67. The van der Waals surface area contributed by atoms with E-state index in [4.69, 9.17) is 15.3 Å². The Morgan fingerprint density at radius 1 is 1.16 bits per heavy atom. The van der Waals surface area contributed by atoms with Crippen LogP contribution in [0.25, 0.3) is 0 Å². The molecular weight excluding hydrogens is 324 g/mol. The van der Waals surface area contributed by atoms with Crippen molar-refractivity contribution in [2.75, 3.05) is 7.11 Å². The molecule has 0 saturated carbocycles. The normalized spacial score (nSPS) is 13.1. The van der Waals surface area contributed by atoms with Gasteiger partial charge in [-0.25, -0.2) is 10.2 Å². The molecule has 2 aromatic rings. The highest BCUT2D eigenvalue weighted by atomic mass is 16.5. The SMILES string of the molecule is COc1cccc(COC(=O)C(C)(Cc2ccc(O)c(O)c2)NN)c1. The lowest BCUT2D eigenvalue weighted by Gasteiger charge is -2.26. The van der Waals surface area contributed by atoms with Crippen LogP contribution in [0.5, 0.6) is 17.2 Å². The summed E-state index contributed by atoms with van der Waals surface area (Å²) in [5.74, 6) is 5.20. The fraction of sp³-hybridized carbons (Fsp3) is 0.278. The topological polar surface area (TPSA) is 114 Å². The van der Waals surface area contributed by atoms with Crippen LogP contribution in [0.1, 0.15) is 18.1 Å². The molecule has 0 aromatic heterocycles. The Labute approximate surface area is 146 Å². The van der Waals surface area contributed by atoms with Gasteiger partial charge in [-0.2, -0.15) is 0 Å². The summed E-state index contributed by atoms with van der Waals surface area (Å²) in [4.78, 5) is 12.5. The Balaban J connectivity index is 2.06. The highest BCUT2D eigenvalue weighted by molar-refractivity contribution is 5.80. The first-order valence-corrected chi connectivity index (χ1v) is 7.67. The number of nitrogens with one attached hydrogen (secondary N) is 1. The number of hydrazine groups is 1. The maximum Gasteiger partial charge on any atom is 0.328 e. The monoisotopic (exact) mass is 346 g/mol. The van der Waals surface area contributed by atoms with Gasteiger partial charge in [0.25, 0.3) is 0 Å². The van der Waals surface area contributed by atoms with Crippen LogP contribution in [0.3, 0.4) is 0 Å². The van der Waals surface area contributed by atoms with Gasteiger partial charge in [-0.15, -0.1) is 0 Å². The van der Waals surface area contributed by atoms with Gasteiger partial charge in [-0.05, 0) is 42.3 Å². The lowest BCUT2D eigenvalue weighted by atomic mass is 9.93. The van der Waals surface area contributed by atoms with Crippen molar-refractivity contribution in [3.05, 3.63) is 53.6 Å². The van der Waals surface area contributed by atoms with E-state index in [1.54, 1.807) is 32.2 Å². The van der Waals surface area contributed by atoms with E-state index in [1.165, 1.54) is 12.1 Å². The number of aromatic hydroxyl groups is 2. The van der Waals surface area contributed by atoms with Gasteiger partial charge in [-0.1, -0.05) is 18.2 Å². The van der Waals surface area contributed by atoms with Crippen LogP contribution < -0.4 is 16.0 Å². The van der Waals surface area contributed by atoms with Crippen molar-refractivity contribution >= 4 is 5.97 Å². The predicted octanol–water partition coefficient (Wildman–Crippen LogP) is 1.61. The first kappa shape index (κ1) is 18.6. The molecule has 7 nitrogen and oxygen atoms in total. The molecule has 0 spiro atoms. The second-order valence-corrected chi connectivity index (χ2v) is 5.90. The van der Waals surface area contributed by atoms with E-state index >= 15 is 0 Å². The fourth-order valence-electron chi connectivity index (χ4n) is 2.34. The Bertz CT molecular complexity index is 750. The number of hydrogen-bond donors (Lipinski definition) is 4. The minimum atomic E-state index is -1.19. The number of nitrogens with two attached hydrogens (primary N) is 1. The molecule has 25 heavy (non-hydrogen) atoms. The molecule has 134 valence electrons. The number of esters is 1. The molecule has 0 saturated heterocycles. The van der Waals surface area contributed by atoms with E-state index in [9.17, 15) is 15.0 Å². The van der Waals surface area contributed by atoms with Gasteiger partial charge in [0.1, 0.15) is 17.9 Å². The maximum atomic E-state index is 12.5. The van der Waals surface area contributed by atoms with E-state index < -0.39 is 11.5 Å². The second kappa shape index (κ2) is 7.87. The van der Waals surface area contributed by atoms with E-state index in [1.807, 2.05) is 12.1 Å². The van der Waals surface area contributed by atoms with Crippen LogP contribution in [-0.4, -0.2) is 28.8 Å². The number of carbonyl (C=O) groups is 1. The Hall–Kier alpha value is -2.77. The standard InChI is InChI=1S/C18H22N2O5/c1-18(20-19,10-12-6-7-15(21)16(22)9-12)17(23)25-11-13-4-3-5-14(8-13)24-2/h3-9,20-22H,10-11,19H2,1-2H3. The zero-order valence-electron chi connectivity index (χ0n) is 14.2. The Morgan fingerprint density at radius 3 is 2.56 bits per heavy atom. The summed E-state index contributed by atoms with van der Waals surface area (Å²) < 4.78 is 10.5. The number of hydrogen-bond acceptors (Lipinski definition) is 7. The Morgan fingerprint density at radius 2 is 1.92 bits per heavy atom. The molecule has 0 aliphatic carbocycles. The quantitative estimate of drug-likeness (QED) is 0.261. The summed E-state index contributed by atoms with van der Waals surface area (Å²) in [5, 5.41) is 18.9. The zero-order valence-corrected chi connectivity index (χ0v) is 14.2. The lowest BCUT2D eigenvalue weighted by Crippen LogP contribution is -2.55. The van der Waals surface area contributed by atoms with Gasteiger partial charge in [0.2, 0.25) is 0 Å². The molecular formula is C18H22N2O5. The van der Waals surface area contributed by atoms with Crippen LogP contribution in [0.4, 0.5) is 0 Å². The van der Waals surface area contributed by atoms with Crippen LogP contribution in [0.2, 0.25) is 0 Å². The Kier molecular flexibility index (Phi) is 5.84. The highest BCUT2D eigenvalue weighted by Gasteiger charge is 2.34. The van der Waals surface area contributed by atoms with Crippen LogP contribution in [0, 0.1) is 0 Å².